The Morgan fingerprint density at radius 2 is 1.32 bits per heavy atom. The zero-order valence-electron chi connectivity index (χ0n) is 18.8. The molecule has 1 N–H and O–H groups in total. The summed E-state index contributed by atoms with van der Waals surface area (Å²) in [5, 5.41) is 9.21. The lowest BCUT2D eigenvalue weighted by Crippen LogP contribution is -2.18. The summed E-state index contributed by atoms with van der Waals surface area (Å²) in [5.41, 5.74) is 0.325. The molecule has 0 radical (unpaired) electrons. The van der Waals surface area contributed by atoms with E-state index in [4.69, 9.17) is 4.74 Å². The van der Waals surface area contributed by atoms with Crippen LogP contribution in [0.3, 0.4) is 0 Å². The highest BCUT2D eigenvalue weighted by Gasteiger charge is 2.20. The summed E-state index contributed by atoms with van der Waals surface area (Å²) in [7, 11) is 0. The van der Waals surface area contributed by atoms with Crippen LogP contribution in [0.25, 0.3) is 0 Å². The van der Waals surface area contributed by atoms with E-state index in [1.165, 1.54) is 19.3 Å². The Labute approximate surface area is 173 Å². The van der Waals surface area contributed by atoms with Crippen LogP contribution in [-0.4, -0.2) is 23.7 Å². The largest absolute Gasteiger partial charge is 0.478 e. The van der Waals surface area contributed by atoms with Crippen molar-refractivity contribution in [2.45, 2.75) is 111 Å². The smallest absolute Gasteiger partial charge is 0.334 e. The molecule has 2 unspecified atom stereocenters. The molecule has 0 saturated carbocycles. The number of hydrogen-bond donors (Lipinski definition) is 1. The van der Waals surface area contributed by atoms with Gasteiger partial charge in [-0.3, -0.25) is 0 Å². The Morgan fingerprint density at radius 1 is 0.786 bits per heavy atom. The fourth-order valence-electron chi connectivity index (χ4n) is 3.79. The molecule has 0 aliphatic carbocycles. The van der Waals surface area contributed by atoms with Crippen molar-refractivity contribution in [3.63, 3.8) is 0 Å². The number of carboxylic acids is 1. The lowest BCUT2D eigenvalue weighted by molar-refractivity contribution is -0.141. The van der Waals surface area contributed by atoms with Crippen LogP contribution in [0.5, 0.6) is 0 Å². The molecule has 4 nitrogen and oxygen atoms in total. The molecule has 0 bridgehead atoms. The Bertz CT molecular complexity index is 442. The normalized spacial score (nSPS) is 13.9. The van der Waals surface area contributed by atoms with Crippen molar-refractivity contribution < 1.29 is 19.4 Å². The van der Waals surface area contributed by atoms with E-state index in [-0.39, 0.29) is 0 Å². The van der Waals surface area contributed by atoms with Crippen molar-refractivity contribution in [2.75, 3.05) is 6.61 Å². The van der Waals surface area contributed by atoms with Crippen molar-refractivity contribution in [1.29, 1.82) is 0 Å². The van der Waals surface area contributed by atoms with Crippen LogP contribution in [0.4, 0.5) is 0 Å². The van der Waals surface area contributed by atoms with Crippen LogP contribution in [0.1, 0.15) is 111 Å². The molecule has 0 aliphatic rings. The van der Waals surface area contributed by atoms with Gasteiger partial charge in [-0.15, -0.1) is 0 Å². The maximum Gasteiger partial charge on any atom is 0.334 e. The van der Waals surface area contributed by atoms with Crippen molar-refractivity contribution >= 4 is 11.9 Å². The minimum atomic E-state index is -1.07. The van der Waals surface area contributed by atoms with Crippen LogP contribution >= 0.6 is 0 Å². The molecule has 0 fully saturated rings. The van der Waals surface area contributed by atoms with Gasteiger partial charge in [0.2, 0.25) is 0 Å². The van der Waals surface area contributed by atoms with Crippen molar-refractivity contribution in [2.24, 2.45) is 11.8 Å². The first kappa shape index (κ1) is 26.7. The topological polar surface area (TPSA) is 63.6 Å². The molecule has 164 valence electrons. The van der Waals surface area contributed by atoms with Gasteiger partial charge in [0.15, 0.2) is 0 Å². The van der Waals surface area contributed by atoms with Crippen LogP contribution in [0.2, 0.25) is 0 Å². The van der Waals surface area contributed by atoms with Gasteiger partial charge in [0.1, 0.15) is 0 Å². The lowest BCUT2D eigenvalue weighted by Gasteiger charge is -2.19. The molecule has 0 aliphatic heterocycles. The minimum absolute atomic E-state index is 0.325. The van der Waals surface area contributed by atoms with Crippen LogP contribution in [0.15, 0.2) is 11.6 Å². The molecule has 2 atom stereocenters. The highest BCUT2D eigenvalue weighted by atomic mass is 16.5. The Morgan fingerprint density at radius 3 is 1.82 bits per heavy atom. The van der Waals surface area contributed by atoms with E-state index in [0.717, 1.165) is 63.9 Å². The number of aliphatic carboxylic acids is 1. The second-order valence-corrected chi connectivity index (χ2v) is 8.11. The molecular weight excluding hydrogens is 352 g/mol. The molecule has 4 heteroatoms. The molecule has 0 amide bonds. The highest BCUT2D eigenvalue weighted by Crippen LogP contribution is 2.25. The summed E-state index contributed by atoms with van der Waals surface area (Å²) in [5.74, 6) is -0.771. The second-order valence-electron chi connectivity index (χ2n) is 8.11. The van der Waals surface area contributed by atoms with Crippen molar-refractivity contribution in [3.8, 4) is 0 Å². The summed E-state index contributed by atoms with van der Waals surface area (Å²) in [4.78, 5) is 23.9. The first-order valence-electron chi connectivity index (χ1n) is 11.6. The number of carboxylic acid groups (broad SMARTS) is 1. The monoisotopic (exact) mass is 396 g/mol. The van der Waals surface area contributed by atoms with Gasteiger partial charge in [0.05, 0.1) is 6.61 Å². The average Bonchev–Trinajstić information content (AvgIpc) is 2.65. The van der Waals surface area contributed by atoms with Crippen molar-refractivity contribution in [3.05, 3.63) is 11.6 Å². The zero-order chi connectivity index (χ0) is 21.2. The minimum Gasteiger partial charge on any atom is -0.478 e. The van der Waals surface area contributed by atoms with E-state index >= 15 is 0 Å². The van der Waals surface area contributed by atoms with Gasteiger partial charge < -0.3 is 9.84 Å². The summed E-state index contributed by atoms with van der Waals surface area (Å²) in [6.45, 7) is 9.05. The third-order valence-electron chi connectivity index (χ3n) is 5.34. The maximum absolute atomic E-state index is 12.6. The first-order valence-corrected chi connectivity index (χ1v) is 11.6. The average molecular weight is 397 g/mol. The van der Waals surface area contributed by atoms with E-state index in [9.17, 15) is 14.7 Å². The maximum atomic E-state index is 12.6. The Hall–Kier alpha value is -1.32. The number of carbonyl (C=O) groups is 2. The molecule has 0 aromatic carbocycles. The molecule has 0 aromatic heterocycles. The second kappa shape index (κ2) is 17.8. The SMILES string of the molecule is CCCCCC(CCC)COC(=O)C(=CC(=O)O)CC(CCC)CCCCC. The Kier molecular flexibility index (Phi) is 16.9. The number of unbranched alkanes of at least 4 members (excludes halogenated alkanes) is 4. The van der Waals surface area contributed by atoms with Crippen molar-refractivity contribution in [1.82, 2.24) is 0 Å². The third-order valence-corrected chi connectivity index (χ3v) is 5.34. The first-order chi connectivity index (χ1) is 13.5. The van der Waals surface area contributed by atoms with Gasteiger partial charge in [-0.1, -0.05) is 91.9 Å². The van der Waals surface area contributed by atoms with Gasteiger partial charge in [0.25, 0.3) is 0 Å². The molecule has 0 aromatic rings. The number of carbonyl (C=O) groups excluding carboxylic acids is 1. The predicted molar refractivity (Wildman–Crippen MR) is 116 cm³/mol. The molecular formula is C24H44O4. The van der Waals surface area contributed by atoms with E-state index in [0.29, 0.717) is 30.4 Å². The molecule has 0 rings (SSSR count). The number of ether oxygens (including phenoxy) is 1. The predicted octanol–water partition coefficient (Wildman–Crippen LogP) is 6.92. The summed E-state index contributed by atoms with van der Waals surface area (Å²) in [6, 6.07) is 0. The third kappa shape index (κ3) is 13.8. The fraction of sp³-hybridized carbons (Fsp3) is 0.833. The van der Waals surface area contributed by atoms with Gasteiger partial charge >= 0.3 is 11.9 Å². The molecule has 0 heterocycles. The standard InChI is InChI=1S/C24H44O4/c1-5-9-11-15-20(13-7-3)17-22(18-23(25)26)24(27)28-19-21(14-8-4)16-12-10-6-2/h18,20-21H,5-17,19H2,1-4H3,(H,25,26). The fourth-order valence-corrected chi connectivity index (χ4v) is 3.79. The van der Waals surface area contributed by atoms with E-state index < -0.39 is 11.9 Å². The van der Waals surface area contributed by atoms with Crippen LogP contribution in [0, 0.1) is 11.8 Å². The van der Waals surface area contributed by atoms with E-state index in [1.807, 2.05) is 0 Å². The quantitative estimate of drug-likeness (QED) is 0.155. The number of hydrogen-bond acceptors (Lipinski definition) is 3. The molecule has 0 saturated heterocycles. The number of esters is 1. The molecule has 28 heavy (non-hydrogen) atoms. The Balaban J connectivity index is 4.87. The highest BCUT2D eigenvalue weighted by molar-refractivity contribution is 5.95. The summed E-state index contributed by atoms with van der Waals surface area (Å²) >= 11 is 0. The van der Waals surface area contributed by atoms with Crippen LogP contribution in [-0.2, 0) is 14.3 Å². The van der Waals surface area contributed by atoms with Gasteiger partial charge in [0, 0.05) is 11.6 Å². The van der Waals surface area contributed by atoms with Gasteiger partial charge in [-0.25, -0.2) is 9.59 Å². The van der Waals surface area contributed by atoms with Gasteiger partial charge in [-0.05, 0) is 31.1 Å². The van der Waals surface area contributed by atoms with Gasteiger partial charge in [-0.2, -0.15) is 0 Å². The van der Waals surface area contributed by atoms with E-state index in [2.05, 4.69) is 27.7 Å². The van der Waals surface area contributed by atoms with Crippen LogP contribution < -0.4 is 0 Å². The number of rotatable bonds is 18. The summed E-state index contributed by atoms with van der Waals surface area (Å²) in [6.07, 6.45) is 14.9. The zero-order valence-corrected chi connectivity index (χ0v) is 18.8. The lowest BCUT2D eigenvalue weighted by atomic mass is 9.89. The molecule has 0 spiro atoms. The summed E-state index contributed by atoms with van der Waals surface area (Å²) < 4.78 is 5.58. The van der Waals surface area contributed by atoms with E-state index in [1.54, 1.807) is 0 Å².